The van der Waals surface area contributed by atoms with E-state index in [-0.39, 0.29) is 44.0 Å². The molecule has 0 bridgehead atoms. The Kier molecular flexibility index (Phi) is 15.3. The molecule has 3 aromatic carbocycles. The maximum atomic E-state index is 13.9. The number of carbonyl (C=O) groups is 1. The number of aliphatic hydroxyl groups excluding tert-OH is 1. The summed E-state index contributed by atoms with van der Waals surface area (Å²) in [4.78, 5) is 61.8. The van der Waals surface area contributed by atoms with Crippen molar-refractivity contribution in [2.24, 2.45) is 0 Å². The Morgan fingerprint density at radius 1 is 0.894 bits per heavy atom. The number of ether oxygens (including phenoxy) is 2. The van der Waals surface area contributed by atoms with Gasteiger partial charge in [0.25, 0.3) is 19.8 Å². The lowest BCUT2D eigenvalue weighted by atomic mass is 10.2. The Morgan fingerprint density at radius 2 is 1.47 bits per heavy atom. The zero-order valence-corrected chi connectivity index (χ0v) is 39.9. The predicted molar refractivity (Wildman–Crippen MR) is 253 cm³/mol. The van der Waals surface area contributed by atoms with Gasteiger partial charge in [0.1, 0.15) is 37.1 Å². The van der Waals surface area contributed by atoms with E-state index in [1.165, 1.54) is 15.3 Å². The topological polar surface area (TPSA) is 199 Å². The van der Waals surface area contributed by atoms with Crippen molar-refractivity contribution in [2.45, 2.75) is 89.4 Å². The van der Waals surface area contributed by atoms with Crippen LogP contribution in [-0.2, 0) is 39.3 Å². The van der Waals surface area contributed by atoms with Crippen LogP contribution in [-0.4, -0.2) is 89.2 Å². The first-order chi connectivity index (χ1) is 31.6. The van der Waals surface area contributed by atoms with E-state index < -0.39 is 86.4 Å². The second-order valence-electron chi connectivity index (χ2n) is 17.1. The minimum atomic E-state index is -3.82. The van der Waals surface area contributed by atoms with Gasteiger partial charge < -0.3 is 42.7 Å². The van der Waals surface area contributed by atoms with Crippen molar-refractivity contribution in [1.82, 2.24) is 19.1 Å². The van der Waals surface area contributed by atoms with E-state index in [2.05, 4.69) is 65.2 Å². The Morgan fingerprint density at radius 3 is 2.08 bits per heavy atom. The summed E-state index contributed by atoms with van der Waals surface area (Å²) in [6.07, 6.45) is -2.19. The lowest BCUT2D eigenvalue weighted by Crippen LogP contribution is -2.68. The highest BCUT2D eigenvalue weighted by molar-refractivity contribution is 8.07. The SMILES string of the molecule is [C-]#[N+]CCOP(=S)(OC[C@H]1O[C@@H](n2cc(C)c(NC(=O)c3ccccc3)nc2=O)C[C@H]1O[Si](c1ccccc1)(c1ccccc1)C(C)(C)C)O[C@@H]1C[C@H](n2cc(C)c(=O)[nH]c2=O)O[C@@H]1CO. The van der Waals surface area contributed by atoms with Crippen LogP contribution < -0.4 is 32.6 Å². The molecule has 17 nitrogen and oxygen atoms in total. The van der Waals surface area contributed by atoms with Gasteiger partial charge in [-0.3, -0.25) is 23.7 Å². The fraction of sp³-hybridized carbons (Fsp3) is 0.391. The Labute approximate surface area is 387 Å². The van der Waals surface area contributed by atoms with Crippen molar-refractivity contribution >= 4 is 48.9 Å². The molecule has 7 rings (SSSR count). The number of carbonyl (C=O) groups excluding carboxylic acids is 1. The molecule has 5 aromatic rings. The summed E-state index contributed by atoms with van der Waals surface area (Å²) in [6, 6.07) is 28.7. The van der Waals surface area contributed by atoms with Gasteiger partial charge in [-0.1, -0.05) is 99.6 Å². The second-order valence-corrected chi connectivity index (χ2v) is 24.3. The molecule has 2 aliphatic heterocycles. The maximum Gasteiger partial charge on any atom is 0.351 e. The molecule has 4 heterocycles. The smallest absolute Gasteiger partial charge is 0.351 e. The maximum absolute atomic E-state index is 13.9. The van der Waals surface area contributed by atoms with Gasteiger partial charge in [-0.25, -0.2) is 16.2 Å². The molecule has 2 aliphatic rings. The molecule has 0 spiro atoms. The summed E-state index contributed by atoms with van der Waals surface area (Å²) < 4.78 is 41.9. The number of hydrogen-bond donors (Lipinski definition) is 3. The van der Waals surface area contributed by atoms with Gasteiger partial charge >= 0.3 is 18.1 Å². The van der Waals surface area contributed by atoms with Crippen LogP contribution in [0.1, 0.15) is 67.6 Å². The second kappa shape index (κ2) is 20.7. The molecule has 1 amide bonds. The summed E-state index contributed by atoms with van der Waals surface area (Å²) in [6.45, 7) is 12.3. The van der Waals surface area contributed by atoms with Gasteiger partial charge in [0, 0.05) is 41.9 Å². The first-order valence-corrected chi connectivity index (χ1v) is 25.9. The number of aryl methyl sites for hydroxylation is 2. The predicted octanol–water partition coefficient (Wildman–Crippen LogP) is 4.74. The number of aliphatic hydroxyl groups is 1. The third-order valence-corrected chi connectivity index (χ3v) is 19.0. The van der Waals surface area contributed by atoms with E-state index in [1.807, 2.05) is 36.4 Å². The number of aromatic amines is 1. The van der Waals surface area contributed by atoms with E-state index in [0.717, 1.165) is 10.4 Å². The van der Waals surface area contributed by atoms with E-state index in [1.54, 1.807) is 50.4 Å². The summed E-state index contributed by atoms with van der Waals surface area (Å²) in [5.41, 5.74) is -0.707. The number of amides is 1. The molecule has 0 radical (unpaired) electrons. The van der Waals surface area contributed by atoms with E-state index in [4.69, 9.17) is 45.8 Å². The number of hydrogen-bond acceptors (Lipinski definition) is 13. The van der Waals surface area contributed by atoms with Gasteiger partial charge in [0.15, 0.2) is 0 Å². The molecule has 3 N–H and O–H groups in total. The van der Waals surface area contributed by atoms with Gasteiger partial charge in [0.2, 0.25) is 6.54 Å². The highest BCUT2D eigenvalue weighted by Gasteiger charge is 2.54. The van der Waals surface area contributed by atoms with Crippen LogP contribution in [0.5, 0.6) is 0 Å². The van der Waals surface area contributed by atoms with Crippen LogP contribution in [0.4, 0.5) is 5.82 Å². The molecular weight excluding hydrogens is 904 g/mol. The van der Waals surface area contributed by atoms with Crippen molar-refractivity contribution < 1.29 is 37.4 Å². The molecule has 2 aromatic heterocycles. The fourth-order valence-corrected chi connectivity index (χ4v) is 15.1. The zero-order chi connectivity index (χ0) is 47.2. The van der Waals surface area contributed by atoms with Crippen LogP contribution in [0, 0.1) is 20.4 Å². The third-order valence-electron chi connectivity index (χ3n) is 11.6. The highest BCUT2D eigenvalue weighted by Crippen LogP contribution is 2.54. The Hall–Kier alpha value is -5.23. The largest absolute Gasteiger partial charge is 0.402 e. The summed E-state index contributed by atoms with van der Waals surface area (Å²) >= 11 is 6.01. The van der Waals surface area contributed by atoms with E-state index >= 15 is 0 Å². The standard InChI is InChI=1S/C46H53N6O11PSSi/c1-30-26-51(44(56)49-41(30)48-43(55)32-16-10-7-11-17-32)40-25-36(63-66(46(3,4)5,33-18-12-8-13-19-33)34-20-14-9-15-21-34)38(61-40)29-59-64(65,58-23-22-47-6)62-35-24-39(60-37(35)28-53)52-27-31(2)42(54)50-45(52)57/h7-21,26-27,35-40,53H,22-25,28-29H2,1-5H3,(H,50,54,57)(H,48,49,55,56)/t35-,36-,37-,38-,39-,40-,64?/m1/s1. The molecule has 348 valence electrons. The number of benzene rings is 3. The highest BCUT2D eigenvalue weighted by atomic mass is 32.5. The minimum absolute atomic E-state index is 0.0310. The molecule has 7 atom stereocenters. The van der Waals surface area contributed by atoms with Crippen molar-refractivity contribution in [2.75, 3.05) is 31.7 Å². The van der Waals surface area contributed by atoms with Gasteiger partial charge in [-0.15, -0.1) is 0 Å². The average Bonchev–Trinajstić information content (AvgIpc) is 3.90. The molecule has 20 heteroatoms. The minimum Gasteiger partial charge on any atom is -0.402 e. The van der Waals surface area contributed by atoms with Crippen molar-refractivity contribution in [3.05, 3.63) is 163 Å². The summed E-state index contributed by atoms with van der Waals surface area (Å²) in [5, 5.41) is 14.7. The van der Waals surface area contributed by atoms with Crippen molar-refractivity contribution in [3.63, 3.8) is 0 Å². The van der Waals surface area contributed by atoms with Gasteiger partial charge in [-0.2, -0.15) is 4.98 Å². The molecular formula is C46H53N6O11PSSi. The lowest BCUT2D eigenvalue weighted by molar-refractivity contribution is -0.0535. The number of aromatic nitrogens is 4. The summed E-state index contributed by atoms with van der Waals surface area (Å²) in [7, 11) is -3.26. The quantitative estimate of drug-likeness (QED) is 0.0501. The number of rotatable bonds is 17. The van der Waals surface area contributed by atoms with Crippen molar-refractivity contribution in [1.29, 1.82) is 0 Å². The number of nitrogens with zero attached hydrogens (tertiary/aromatic N) is 4. The Balaban J connectivity index is 1.23. The normalized spacial score (nSPS) is 21.8. The number of nitrogens with one attached hydrogen (secondary N) is 2. The summed E-state index contributed by atoms with van der Waals surface area (Å²) in [5.74, 6) is -0.309. The first kappa shape index (κ1) is 48.7. The van der Waals surface area contributed by atoms with Gasteiger partial charge in [0.05, 0.1) is 25.4 Å². The van der Waals surface area contributed by atoms with Crippen LogP contribution in [0.15, 0.2) is 118 Å². The third kappa shape index (κ3) is 10.6. The molecule has 1 unspecified atom stereocenters. The fourth-order valence-electron chi connectivity index (χ4n) is 8.31. The zero-order valence-electron chi connectivity index (χ0n) is 37.2. The molecule has 66 heavy (non-hydrogen) atoms. The average molecular weight is 957 g/mol. The number of anilines is 1. The van der Waals surface area contributed by atoms with Gasteiger partial charge in [-0.05, 0) is 53.2 Å². The van der Waals surface area contributed by atoms with Crippen LogP contribution in [0.2, 0.25) is 5.04 Å². The Bertz CT molecular complexity index is 2730. The van der Waals surface area contributed by atoms with E-state index in [0.29, 0.717) is 11.1 Å². The lowest BCUT2D eigenvalue weighted by Gasteiger charge is -2.45. The van der Waals surface area contributed by atoms with Crippen molar-refractivity contribution in [3.8, 4) is 0 Å². The monoisotopic (exact) mass is 956 g/mol. The van der Waals surface area contributed by atoms with Crippen LogP contribution in [0.25, 0.3) is 4.85 Å². The molecule has 2 saturated heterocycles. The molecule has 2 fully saturated rings. The molecule has 0 saturated carbocycles. The number of H-pyrrole nitrogens is 1. The van der Waals surface area contributed by atoms with Crippen LogP contribution >= 0.6 is 6.72 Å². The first-order valence-electron chi connectivity index (χ1n) is 21.5. The van der Waals surface area contributed by atoms with E-state index in [9.17, 15) is 24.3 Å². The van der Waals surface area contributed by atoms with Crippen LogP contribution in [0.3, 0.4) is 0 Å². The molecule has 0 aliphatic carbocycles.